The number of hydrogen-bond donors (Lipinski definition) is 1. The average molecular weight is 362 g/mol. The average Bonchev–Trinajstić information content (AvgIpc) is 3.12. The summed E-state index contributed by atoms with van der Waals surface area (Å²) in [6, 6.07) is 18.2. The van der Waals surface area contributed by atoms with Crippen molar-refractivity contribution < 1.29 is 4.79 Å². The molecule has 140 valence electrons. The van der Waals surface area contributed by atoms with E-state index in [1.165, 1.54) is 0 Å². The molecule has 1 amide bonds. The summed E-state index contributed by atoms with van der Waals surface area (Å²) in [5.41, 5.74) is 3.21. The number of fused-ring (bicyclic) bond motifs is 1. The Kier molecular flexibility index (Phi) is 5.21. The van der Waals surface area contributed by atoms with E-state index in [1.54, 1.807) is 0 Å². The van der Waals surface area contributed by atoms with Crippen molar-refractivity contribution in [3.63, 3.8) is 0 Å². The molecule has 1 fully saturated rings. The Balaban J connectivity index is 1.36. The van der Waals surface area contributed by atoms with Gasteiger partial charge in [-0.05, 0) is 24.1 Å². The Hall–Kier alpha value is -2.66. The maximum absolute atomic E-state index is 13.0. The molecule has 5 heteroatoms. The Labute approximate surface area is 160 Å². The Bertz CT molecular complexity index is 864. The molecule has 2 aromatic carbocycles. The van der Waals surface area contributed by atoms with Gasteiger partial charge >= 0.3 is 0 Å². The molecule has 1 aromatic heterocycles. The van der Waals surface area contributed by atoms with Crippen LogP contribution in [0.25, 0.3) is 11.0 Å². The minimum absolute atomic E-state index is 0.0341. The molecular weight excluding hydrogens is 336 g/mol. The van der Waals surface area contributed by atoms with Crippen molar-refractivity contribution in [2.24, 2.45) is 0 Å². The van der Waals surface area contributed by atoms with E-state index in [2.05, 4.69) is 40.0 Å². The molecule has 0 saturated carbocycles. The first-order valence-corrected chi connectivity index (χ1v) is 9.74. The molecular formula is C22H26N4O. The van der Waals surface area contributed by atoms with E-state index in [-0.39, 0.29) is 11.8 Å². The molecule has 3 aromatic rings. The molecule has 1 aliphatic heterocycles. The third kappa shape index (κ3) is 3.88. The lowest BCUT2D eigenvalue weighted by atomic mass is 9.95. The van der Waals surface area contributed by atoms with E-state index in [0.717, 1.165) is 61.6 Å². The van der Waals surface area contributed by atoms with Crippen molar-refractivity contribution >= 4 is 16.9 Å². The third-order valence-corrected chi connectivity index (χ3v) is 5.40. The fourth-order valence-electron chi connectivity index (χ4n) is 3.88. The smallest absolute Gasteiger partial charge is 0.230 e. The van der Waals surface area contributed by atoms with Crippen LogP contribution in [0.2, 0.25) is 0 Å². The molecule has 0 aliphatic carbocycles. The van der Waals surface area contributed by atoms with E-state index in [0.29, 0.717) is 0 Å². The summed E-state index contributed by atoms with van der Waals surface area (Å²) in [5, 5.41) is 0. The second-order valence-corrected chi connectivity index (χ2v) is 7.17. The summed E-state index contributed by atoms with van der Waals surface area (Å²) < 4.78 is 0. The van der Waals surface area contributed by atoms with Crippen LogP contribution in [0.3, 0.4) is 0 Å². The summed E-state index contributed by atoms with van der Waals surface area (Å²) in [6.07, 6.45) is 0.835. The van der Waals surface area contributed by atoms with Crippen LogP contribution in [0.5, 0.6) is 0 Å². The number of benzene rings is 2. The fraction of sp³-hybridized carbons (Fsp3) is 0.364. The molecule has 0 spiro atoms. The number of carbonyl (C=O) groups excluding carboxylic acids is 1. The van der Waals surface area contributed by atoms with Crippen molar-refractivity contribution in [2.45, 2.75) is 25.8 Å². The molecule has 1 atom stereocenters. The highest BCUT2D eigenvalue weighted by Gasteiger charge is 2.27. The zero-order chi connectivity index (χ0) is 18.6. The molecule has 0 radical (unpaired) electrons. The van der Waals surface area contributed by atoms with Crippen molar-refractivity contribution in [3.8, 4) is 0 Å². The molecule has 1 saturated heterocycles. The molecule has 1 N–H and O–H groups in total. The second-order valence-electron chi connectivity index (χ2n) is 7.17. The number of hydrogen-bond acceptors (Lipinski definition) is 3. The van der Waals surface area contributed by atoms with Crippen LogP contribution < -0.4 is 0 Å². The highest BCUT2D eigenvalue weighted by molar-refractivity contribution is 5.83. The maximum Gasteiger partial charge on any atom is 0.230 e. The normalized spacial score (nSPS) is 16.6. The number of nitrogens with zero attached hydrogens (tertiary/aromatic N) is 3. The zero-order valence-corrected chi connectivity index (χ0v) is 15.8. The first-order chi connectivity index (χ1) is 13.2. The van der Waals surface area contributed by atoms with Crippen LogP contribution in [0.15, 0.2) is 54.6 Å². The first-order valence-electron chi connectivity index (χ1n) is 9.74. The van der Waals surface area contributed by atoms with Crippen LogP contribution in [0.1, 0.15) is 30.7 Å². The molecule has 2 heterocycles. The van der Waals surface area contributed by atoms with Crippen LogP contribution in [0, 0.1) is 0 Å². The van der Waals surface area contributed by atoms with Gasteiger partial charge in [0.15, 0.2) is 0 Å². The number of amides is 1. The van der Waals surface area contributed by atoms with E-state index in [9.17, 15) is 4.79 Å². The van der Waals surface area contributed by atoms with Gasteiger partial charge in [0.25, 0.3) is 0 Å². The van der Waals surface area contributed by atoms with Crippen molar-refractivity contribution in [1.29, 1.82) is 0 Å². The van der Waals surface area contributed by atoms with Crippen molar-refractivity contribution in [2.75, 3.05) is 26.2 Å². The monoisotopic (exact) mass is 362 g/mol. The summed E-state index contributed by atoms with van der Waals surface area (Å²) in [7, 11) is 0. The van der Waals surface area contributed by atoms with Crippen LogP contribution >= 0.6 is 0 Å². The highest BCUT2D eigenvalue weighted by Crippen LogP contribution is 2.23. The van der Waals surface area contributed by atoms with Crippen molar-refractivity contribution in [1.82, 2.24) is 19.8 Å². The lowest BCUT2D eigenvalue weighted by Gasteiger charge is -2.36. The number of rotatable bonds is 5. The Morgan fingerprint density at radius 3 is 2.44 bits per heavy atom. The maximum atomic E-state index is 13.0. The van der Waals surface area contributed by atoms with Crippen LogP contribution in [-0.4, -0.2) is 51.9 Å². The SMILES string of the molecule is CC[C@H](C(=O)N1CCN(Cc2nc3ccccc3[nH]2)CC1)c1ccccc1. The van der Waals surface area contributed by atoms with Gasteiger partial charge in [0.05, 0.1) is 23.5 Å². The van der Waals surface area contributed by atoms with Gasteiger partial charge in [0, 0.05) is 26.2 Å². The number of aromatic amines is 1. The number of imidazole rings is 1. The van der Waals surface area contributed by atoms with Gasteiger partial charge in [-0.3, -0.25) is 9.69 Å². The van der Waals surface area contributed by atoms with Crippen LogP contribution in [-0.2, 0) is 11.3 Å². The molecule has 0 unspecified atom stereocenters. The summed E-state index contributed by atoms with van der Waals surface area (Å²) >= 11 is 0. The first kappa shape index (κ1) is 17.7. The number of aromatic nitrogens is 2. The number of para-hydroxylation sites is 2. The van der Waals surface area contributed by atoms with Gasteiger partial charge in [-0.15, -0.1) is 0 Å². The minimum atomic E-state index is -0.0341. The molecule has 27 heavy (non-hydrogen) atoms. The summed E-state index contributed by atoms with van der Waals surface area (Å²) in [5.74, 6) is 1.21. The lowest BCUT2D eigenvalue weighted by Crippen LogP contribution is -2.49. The highest BCUT2D eigenvalue weighted by atomic mass is 16.2. The predicted octanol–water partition coefficient (Wildman–Crippen LogP) is 3.40. The van der Waals surface area contributed by atoms with Gasteiger partial charge in [0.1, 0.15) is 5.82 Å². The molecule has 1 aliphatic rings. The van der Waals surface area contributed by atoms with Crippen LogP contribution in [0.4, 0.5) is 0 Å². The minimum Gasteiger partial charge on any atom is -0.341 e. The van der Waals surface area contributed by atoms with E-state index in [4.69, 9.17) is 0 Å². The topological polar surface area (TPSA) is 52.2 Å². The number of nitrogens with one attached hydrogen (secondary N) is 1. The summed E-state index contributed by atoms with van der Waals surface area (Å²) in [6.45, 7) is 6.22. The third-order valence-electron chi connectivity index (χ3n) is 5.40. The Morgan fingerprint density at radius 2 is 1.74 bits per heavy atom. The molecule has 4 rings (SSSR count). The van der Waals surface area contributed by atoms with Crippen molar-refractivity contribution in [3.05, 3.63) is 66.0 Å². The zero-order valence-electron chi connectivity index (χ0n) is 15.8. The quantitative estimate of drug-likeness (QED) is 0.757. The second kappa shape index (κ2) is 7.92. The Morgan fingerprint density at radius 1 is 1.04 bits per heavy atom. The van der Waals surface area contributed by atoms with Gasteiger partial charge in [-0.1, -0.05) is 49.4 Å². The number of carbonyl (C=O) groups is 1. The van der Waals surface area contributed by atoms with E-state index < -0.39 is 0 Å². The largest absolute Gasteiger partial charge is 0.341 e. The number of piperazine rings is 1. The van der Waals surface area contributed by atoms with E-state index >= 15 is 0 Å². The fourth-order valence-corrected chi connectivity index (χ4v) is 3.88. The summed E-state index contributed by atoms with van der Waals surface area (Å²) in [4.78, 5) is 25.4. The van der Waals surface area contributed by atoms with Gasteiger partial charge < -0.3 is 9.88 Å². The van der Waals surface area contributed by atoms with Gasteiger partial charge in [-0.25, -0.2) is 4.98 Å². The molecule has 5 nitrogen and oxygen atoms in total. The van der Waals surface area contributed by atoms with Gasteiger partial charge in [-0.2, -0.15) is 0 Å². The van der Waals surface area contributed by atoms with E-state index in [1.807, 2.05) is 41.3 Å². The van der Waals surface area contributed by atoms with Gasteiger partial charge in [0.2, 0.25) is 5.91 Å². The standard InChI is InChI=1S/C22H26N4O/c1-2-18(17-8-4-3-5-9-17)22(27)26-14-12-25(13-15-26)16-21-23-19-10-6-7-11-20(19)24-21/h3-11,18H,2,12-16H2,1H3,(H,23,24)/t18-/m0/s1. The lowest BCUT2D eigenvalue weighted by molar-refractivity contribution is -0.134. The molecule has 0 bridgehead atoms. The predicted molar refractivity (Wildman–Crippen MR) is 107 cm³/mol. The number of H-pyrrole nitrogens is 1.